The first-order valence-electron chi connectivity index (χ1n) is 16.6. The van der Waals surface area contributed by atoms with Gasteiger partial charge in [-0.2, -0.15) is 0 Å². The van der Waals surface area contributed by atoms with Crippen LogP contribution in [-0.2, 0) is 17.8 Å². The van der Waals surface area contributed by atoms with E-state index < -0.39 is 0 Å². The van der Waals surface area contributed by atoms with E-state index in [0.717, 1.165) is 34.4 Å². The summed E-state index contributed by atoms with van der Waals surface area (Å²) in [5.41, 5.74) is 10.6. The number of aliphatic imine (C=N–C) groups is 1. The molecule has 5 aromatic carbocycles. The number of anilines is 2. The monoisotopic (exact) mass is 664 g/mol. The molecule has 3 heterocycles. The van der Waals surface area contributed by atoms with E-state index in [1.165, 1.54) is 5.56 Å². The van der Waals surface area contributed by atoms with E-state index in [0.29, 0.717) is 40.3 Å². The van der Waals surface area contributed by atoms with E-state index in [4.69, 9.17) is 9.97 Å². The smallest absolute Gasteiger partial charge is 0.303 e. The molecule has 1 amide bonds. The van der Waals surface area contributed by atoms with Gasteiger partial charge in [0.25, 0.3) is 0 Å². The van der Waals surface area contributed by atoms with Gasteiger partial charge >= 0.3 is 5.91 Å². The number of hydrogen-bond acceptors (Lipinski definition) is 6. The highest BCUT2D eigenvalue weighted by atomic mass is 16.2. The van der Waals surface area contributed by atoms with Crippen LogP contribution in [-0.4, -0.2) is 32.1 Å². The van der Waals surface area contributed by atoms with E-state index in [1.807, 2.05) is 144 Å². The van der Waals surface area contributed by atoms with Crippen LogP contribution in [0.25, 0.3) is 33.4 Å². The average molecular weight is 665 g/mol. The number of pyridine rings is 1. The number of amides is 1. The molecule has 2 N–H and O–H groups in total. The summed E-state index contributed by atoms with van der Waals surface area (Å²) in [6.45, 7) is 0.626. The van der Waals surface area contributed by atoms with Crippen LogP contribution in [0.3, 0.4) is 0 Å². The van der Waals surface area contributed by atoms with Crippen molar-refractivity contribution in [3.8, 4) is 22.4 Å². The first-order chi connectivity index (χ1) is 25.1. The molecule has 0 aliphatic carbocycles. The fourth-order valence-corrected chi connectivity index (χ4v) is 6.14. The van der Waals surface area contributed by atoms with Gasteiger partial charge in [-0.15, -0.1) is 5.10 Å². The number of hydrogen-bond donors (Lipinski definition) is 2. The molecule has 0 unspecified atom stereocenters. The lowest BCUT2D eigenvalue weighted by atomic mass is 10.00. The molecule has 2 aromatic heterocycles. The number of para-hydroxylation sites is 1. The predicted octanol–water partition coefficient (Wildman–Crippen LogP) is 7.71. The Bertz CT molecular complexity index is 2460. The Morgan fingerprint density at radius 1 is 0.706 bits per heavy atom. The molecule has 0 radical (unpaired) electrons. The Kier molecular flexibility index (Phi) is 8.50. The summed E-state index contributed by atoms with van der Waals surface area (Å²) < 4.78 is 1.88. The lowest BCUT2D eigenvalue weighted by Crippen LogP contribution is -2.34. The van der Waals surface area contributed by atoms with Crippen LogP contribution >= 0.6 is 0 Å². The number of carbonyl (C=O) groups excluding carboxylic acids is 1. The molecule has 8 rings (SSSR count). The lowest BCUT2D eigenvalue weighted by Gasteiger charge is -2.19. The molecule has 246 valence electrons. The number of carbonyl (C=O) groups is 1. The zero-order valence-electron chi connectivity index (χ0n) is 27.5. The third-order valence-corrected chi connectivity index (χ3v) is 8.75. The van der Waals surface area contributed by atoms with Gasteiger partial charge in [0, 0.05) is 17.7 Å². The summed E-state index contributed by atoms with van der Waals surface area (Å²) in [7, 11) is 0. The maximum Gasteiger partial charge on any atom is 0.303 e. The minimum Gasteiger partial charge on any atom is -0.317 e. The molecule has 9 heteroatoms. The second-order valence-electron chi connectivity index (χ2n) is 12.0. The Labute approximate surface area is 294 Å². The van der Waals surface area contributed by atoms with Gasteiger partial charge in [0.15, 0.2) is 5.65 Å². The standard InChI is InChI=1S/C42H32N8O/c43-38-37-35(30-15-7-2-8-16-30)27-36(45-39(37)44-28-49(38)26-25-29-13-5-1-6-14-29)31-21-23-34(24-22-31)50-41(32-17-9-3-10-18-32)46-40(42(50)51)48-47-33-19-11-4-12-20-33/h1-24,27-28,43,47H,25-26H2/b43-38?,48-40+. The van der Waals surface area contributed by atoms with Gasteiger partial charge < -0.3 is 4.57 Å². The van der Waals surface area contributed by atoms with Crippen molar-refractivity contribution >= 4 is 40.0 Å². The summed E-state index contributed by atoms with van der Waals surface area (Å²) in [6, 6.07) is 49.0. The summed E-state index contributed by atoms with van der Waals surface area (Å²) in [6.07, 6.45) is 2.49. The number of nitrogens with one attached hydrogen (secondary N) is 2. The fraction of sp³-hybridized carbons (Fsp3) is 0.0476. The predicted molar refractivity (Wildman–Crippen MR) is 202 cm³/mol. The SMILES string of the molecule is N=c1c2c(-c3ccccc3)cc(-c3ccc(N4C(=O)/C(=N\Nc5ccccc5)N=C4c4ccccc4)cc3)nc2ncn1CCc1ccccc1. The van der Waals surface area contributed by atoms with Crippen molar-refractivity contribution in [2.75, 3.05) is 10.3 Å². The zero-order valence-corrected chi connectivity index (χ0v) is 27.5. The van der Waals surface area contributed by atoms with Crippen LogP contribution in [0, 0.1) is 5.41 Å². The van der Waals surface area contributed by atoms with Gasteiger partial charge in [0.05, 0.1) is 28.8 Å². The van der Waals surface area contributed by atoms with Crippen LogP contribution in [0.4, 0.5) is 11.4 Å². The summed E-state index contributed by atoms with van der Waals surface area (Å²) in [5.74, 6) is 0.210. The molecular formula is C42H32N8O. The second-order valence-corrected chi connectivity index (χ2v) is 12.0. The number of fused-ring (bicyclic) bond motifs is 1. The minimum atomic E-state index is -0.340. The van der Waals surface area contributed by atoms with Crippen molar-refractivity contribution in [3.63, 3.8) is 0 Å². The van der Waals surface area contributed by atoms with Crippen LogP contribution in [0.5, 0.6) is 0 Å². The first kappa shape index (κ1) is 31.3. The van der Waals surface area contributed by atoms with E-state index in [2.05, 4.69) is 27.7 Å². The Morgan fingerprint density at radius 3 is 2.02 bits per heavy atom. The van der Waals surface area contributed by atoms with Crippen molar-refractivity contribution in [1.82, 2.24) is 14.5 Å². The van der Waals surface area contributed by atoms with Crippen molar-refractivity contribution in [3.05, 3.63) is 175 Å². The molecule has 0 fully saturated rings. The highest BCUT2D eigenvalue weighted by Gasteiger charge is 2.34. The van der Waals surface area contributed by atoms with Crippen molar-refractivity contribution in [2.45, 2.75) is 13.0 Å². The molecular weight excluding hydrogens is 633 g/mol. The molecule has 0 saturated carbocycles. The summed E-state index contributed by atoms with van der Waals surface area (Å²) >= 11 is 0. The molecule has 7 aromatic rings. The average Bonchev–Trinajstić information content (AvgIpc) is 3.53. The zero-order chi connectivity index (χ0) is 34.6. The molecule has 0 bridgehead atoms. The highest BCUT2D eigenvalue weighted by molar-refractivity contribution is 6.55. The third kappa shape index (κ3) is 6.43. The number of nitrogens with zero attached hydrogens (tertiary/aromatic N) is 6. The normalized spacial score (nSPS) is 13.5. The largest absolute Gasteiger partial charge is 0.317 e. The molecule has 1 aliphatic rings. The summed E-state index contributed by atoms with van der Waals surface area (Å²) in [5, 5.41) is 14.3. The molecule has 0 saturated heterocycles. The van der Waals surface area contributed by atoms with Crippen molar-refractivity contribution in [2.24, 2.45) is 10.1 Å². The van der Waals surface area contributed by atoms with Crippen LogP contribution in [0.2, 0.25) is 0 Å². The third-order valence-electron chi connectivity index (χ3n) is 8.75. The van der Waals surface area contributed by atoms with Crippen LogP contribution in [0.1, 0.15) is 11.1 Å². The summed E-state index contributed by atoms with van der Waals surface area (Å²) in [4.78, 5) is 29.7. The van der Waals surface area contributed by atoms with Gasteiger partial charge in [-0.3, -0.25) is 20.5 Å². The Morgan fingerprint density at radius 2 is 1.33 bits per heavy atom. The number of benzene rings is 5. The lowest BCUT2D eigenvalue weighted by molar-refractivity contribution is -0.111. The molecule has 0 atom stereocenters. The number of aryl methyl sites for hydroxylation is 2. The fourth-order valence-electron chi connectivity index (χ4n) is 6.14. The van der Waals surface area contributed by atoms with Gasteiger partial charge in [-0.1, -0.05) is 121 Å². The van der Waals surface area contributed by atoms with Crippen LogP contribution < -0.4 is 15.8 Å². The number of aromatic nitrogens is 3. The second kappa shape index (κ2) is 13.9. The Hall–Kier alpha value is -7.00. The maximum absolute atomic E-state index is 13.8. The topological polar surface area (TPSA) is 112 Å². The van der Waals surface area contributed by atoms with Crippen molar-refractivity contribution < 1.29 is 4.79 Å². The quantitative estimate of drug-likeness (QED) is 0.154. The molecule has 1 aliphatic heterocycles. The van der Waals surface area contributed by atoms with Gasteiger partial charge in [-0.25, -0.2) is 15.0 Å². The number of hydrazone groups is 1. The van der Waals surface area contributed by atoms with Crippen LogP contribution in [0.15, 0.2) is 168 Å². The molecule has 0 spiro atoms. The van der Waals surface area contributed by atoms with E-state index >= 15 is 0 Å². The molecule has 51 heavy (non-hydrogen) atoms. The molecule has 9 nitrogen and oxygen atoms in total. The Balaban J connectivity index is 1.15. The van der Waals surface area contributed by atoms with Gasteiger partial charge in [0.1, 0.15) is 11.3 Å². The van der Waals surface area contributed by atoms with E-state index in [9.17, 15) is 10.2 Å². The number of rotatable bonds is 9. The van der Waals surface area contributed by atoms with E-state index in [1.54, 1.807) is 11.2 Å². The first-order valence-corrected chi connectivity index (χ1v) is 16.6. The van der Waals surface area contributed by atoms with E-state index in [-0.39, 0.29) is 11.7 Å². The highest BCUT2D eigenvalue weighted by Crippen LogP contribution is 2.32. The van der Waals surface area contributed by atoms with Gasteiger partial charge in [0.2, 0.25) is 5.84 Å². The maximum atomic E-state index is 13.8. The van der Waals surface area contributed by atoms with Crippen molar-refractivity contribution in [1.29, 1.82) is 5.41 Å². The minimum absolute atomic E-state index is 0.0590. The number of amidine groups is 2. The van der Waals surface area contributed by atoms with Gasteiger partial charge in [-0.05, 0) is 53.4 Å².